The Morgan fingerprint density at radius 2 is 1.79 bits per heavy atom. The molecule has 1 aliphatic heterocycles. The van der Waals surface area contributed by atoms with Gasteiger partial charge in [-0.05, 0) is 80.5 Å². The molecule has 2 aromatic rings. The monoisotopic (exact) mass is 401 g/mol. The molecular weight excluding hydrogens is 369 g/mol. The number of hydrogen-bond acceptors (Lipinski definition) is 4. The van der Waals surface area contributed by atoms with Gasteiger partial charge in [0.05, 0.1) is 19.8 Å². The maximum Gasteiger partial charge on any atom is 0.161 e. The standard InChI is InChI=1S/C24H32FNO3/c1-24(2)21(20(12-14-29-24)18-6-8-19(25)9-7-18)11-13-26-16-17-5-10-22(27-3)23(15-17)28-4/h5-10,15,20-21,26H,11-14,16H2,1-4H3. The van der Waals surface area contributed by atoms with E-state index in [2.05, 4.69) is 19.2 Å². The molecule has 0 spiro atoms. The number of hydrogen-bond donors (Lipinski definition) is 1. The van der Waals surface area contributed by atoms with Crippen molar-refractivity contribution in [2.24, 2.45) is 5.92 Å². The number of ether oxygens (including phenoxy) is 3. The second kappa shape index (κ2) is 9.59. The van der Waals surface area contributed by atoms with Crippen LogP contribution in [0.3, 0.4) is 0 Å². The topological polar surface area (TPSA) is 39.7 Å². The van der Waals surface area contributed by atoms with E-state index in [0.717, 1.165) is 49.6 Å². The van der Waals surface area contributed by atoms with Crippen LogP contribution < -0.4 is 14.8 Å². The molecule has 1 saturated heterocycles. The first-order valence-corrected chi connectivity index (χ1v) is 10.3. The normalized spacial score (nSPS) is 21.0. The second-order valence-corrected chi connectivity index (χ2v) is 8.16. The lowest BCUT2D eigenvalue weighted by Crippen LogP contribution is -2.44. The van der Waals surface area contributed by atoms with Crippen LogP contribution in [0.4, 0.5) is 4.39 Å². The molecule has 0 aromatic heterocycles. The van der Waals surface area contributed by atoms with E-state index in [-0.39, 0.29) is 11.4 Å². The minimum absolute atomic E-state index is 0.187. The van der Waals surface area contributed by atoms with E-state index in [1.54, 1.807) is 26.4 Å². The molecule has 29 heavy (non-hydrogen) atoms. The third-order valence-electron chi connectivity index (χ3n) is 5.99. The third-order valence-corrected chi connectivity index (χ3v) is 5.99. The molecule has 0 saturated carbocycles. The molecule has 2 aromatic carbocycles. The van der Waals surface area contributed by atoms with Crippen LogP contribution in [0, 0.1) is 11.7 Å². The zero-order valence-corrected chi connectivity index (χ0v) is 17.8. The van der Waals surface area contributed by atoms with Crippen LogP contribution >= 0.6 is 0 Å². The van der Waals surface area contributed by atoms with Gasteiger partial charge in [0.2, 0.25) is 0 Å². The number of rotatable bonds is 8. The van der Waals surface area contributed by atoms with Gasteiger partial charge in [-0.3, -0.25) is 0 Å². The summed E-state index contributed by atoms with van der Waals surface area (Å²) in [6.07, 6.45) is 1.96. The highest BCUT2D eigenvalue weighted by Crippen LogP contribution is 2.43. The zero-order chi connectivity index (χ0) is 20.9. The van der Waals surface area contributed by atoms with Gasteiger partial charge < -0.3 is 19.5 Å². The van der Waals surface area contributed by atoms with Crippen LogP contribution in [-0.4, -0.2) is 33.0 Å². The summed E-state index contributed by atoms with van der Waals surface area (Å²) in [4.78, 5) is 0. The van der Waals surface area contributed by atoms with Crippen molar-refractivity contribution in [1.82, 2.24) is 5.32 Å². The van der Waals surface area contributed by atoms with E-state index < -0.39 is 0 Å². The zero-order valence-electron chi connectivity index (χ0n) is 17.8. The molecule has 0 aliphatic carbocycles. The van der Waals surface area contributed by atoms with Gasteiger partial charge in [0.1, 0.15) is 5.82 Å². The van der Waals surface area contributed by atoms with Crippen molar-refractivity contribution in [1.29, 1.82) is 0 Å². The van der Waals surface area contributed by atoms with Gasteiger partial charge in [-0.25, -0.2) is 4.39 Å². The molecule has 4 nitrogen and oxygen atoms in total. The summed E-state index contributed by atoms with van der Waals surface area (Å²) in [5.74, 6) is 2.03. The molecular formula is C24H32FNO3. The fourth-order valence-corrected chi connectivity index (χ4v) is 4.38. The highest BCUT2D eigenvalue weighted by Gasteiger charge is 2.40. The van der Waals surface area contributed by atoms with E-state index in [4.69, 9.17) is 14.2 Å². The summed E-state index contributed by atoms with van der Waals surface area (Å²) in [5, 5.41) is 3.54. The third kappa shape index (κ3) is 5.28. The van der Waals surface area contributed by atoms with E-state index in [9.17, 15) is 4.39 Å². The Morgan fingerprint density at radius 1 is 1.07 bits per heavy atom. The fourth-order valence-electron chi connectivity index (χ4n) is 4.38. The Balaban J connectivity index is 1.61. The molecule has 0 amide bonds. The molecule has 0 radical (unpaired) electrons. The fraction of sp³-hybridized carbons (Fsp3) is 0.500. The summed E-state index contributed by atoms with van der Waals surface area (Å²) in [5.41, 5.74) is 2.15. The average molecular weight is 402 g/mol. The van der Waals surface area contributed by atoms with Crippen LogP contribution in [0.2, 0.25) is 0 Å². The van der Waals surface area contributed by atoms with E-state index in [1.165, 1.54) is 5.56 Å². The van der Waals surface area contributed by atoms with Gasteiger partial charge in [-0.15, -0.1) is 0 Å². The molecule has 1 N–H and O–H groups in total. The molecule has 3 rings (SSSR count). The summed E-state index contributed by atoms with van der Waals surface area (Å²) >= 11 is 0. The Kier molecular flexibility index (Phi) is 7.14. The predicted octanol–water partition coefficient (Wildman–Crippen LogP) is 4.92. The molecule has 5 heteroatoms. The van der Waals surface area contributed by atoms with Crippen molar-refractivity contribution in [3.8, 4) is 11.5 Å². The summed E-state index contributed by atoms with van der Waals surface area (Å²) in [7, 11) is 3.29. The van der Waals surface area contributed by atoms with Crippen LogP contribution in [0.1, 0.15) is 43.7 Å². The number of nitrogens with one attached hydrogen (secondary N) is 1. The van der Waals surface area contributed by atoms with E-state index in [1.807, 2.05) is 30.3 Å². The molecule has 1 fully saturated rings. The van der Waals surface area contributed by atoms with Crippen molar-refractivity contribution in [3.05, 3.63) is 59.4 Å². The number of benzene rings is 2. The van der Waals surface area contributed by atoms with Crippen molar-refractivity contribution < 1.29 is 18.6 Å². The van der Waals surface area contributed by atoms with E-state index in [0.29, 0.717) is 11.8 Å². The van der Waals surface area contributed by atoms with Crippen molar-refractivity contribution in [2.45, 2.75) is 44.8 Å². The van der Waals surface area contributed by atoms with Crippen LogP contribution in [0.5, 0.6) is 11.5 Å². The molecule has 1 aliphatic rings. The van der Waals surface area contributed by atoms with Crippen molar-refractivity contribution in [2.75, 3.05) is 27.4 Å². The van der Waals surface area contributed by atoms with Crippen LogP contribution in [-0.2, 0) is 11.3 Å². The van der Waals surface area contributed by atoms with Crippen molar-refractivity contribution >= 4 is 0 Å². The summed E-state index contributed by atoms with van der Waals surface area (Å²) < 4.78 is 30.1. The van der Waals surface area contributed by atoms with Gasteiger partial charge >= 0.3 is 0 Å². The smallest absolute Gasteiger partial charge is 0.161 e. The first-order valence-electron chi connectivity index (χ1n) is 10.3. The van der Waals surface area contributed by atoms with Gasteiger partial charge in [0.25, 0.3) is 0 Å². The van der Waals surface area contributed by atoms with E-state index >= 15 is 0 Å². The molecule has 2 unspecified atom stereocenters. The van der Waals surface area contributed by atoms with Crippen molar-refractivity contribution in [3.63, 3.8) is 0 Å². The Hall–Kier alpha value is -2.11. The lowest BCUT2D eigenvalue weighted by Gasteiger charge is -2.44. The summed E-state index contributed by atoms with van der Waals surface area (Å²) in [6.45, 7) is 6.72. The maximum absolute atomic E-state index is 13.4. The first kappa shape index (κ1) is 21.6. The Labute approximate surface area is 173 Å². The Bertz CT molecular complexity index is 791. The predicted molar refractivity (Wildman–Crippen MR) is 113 cm³/mol. The van der Waals surface area contributed by atoms with Gasteiger partial charge in [-0.1, -0.05) is 18.2 Å². The SMILES string of the molecule is COc1ccc(CNCCC2C(c3ccc(F)cc3)CCOC2(C)C)cc1OC. The van der Waals surface area contributed by atoms with Crippen LogP contribution in [0.15, 0.2) is 42.5 Å². The first-order chi connectivity index (χ1) is 13.9. The quantitative estimate of drug-likeness (QED) is 0.637. The number of halogens is 1. The minimum Gasteiger partial charge on any atom is -0.493 e. The second-order valence-electron chi connectivity index (χ2n) is 8.16. The lowest BCUT2D eigenvalue weighted by atomic mass is 9.71. The molecule has 2 atom stereocenters. The minimum atomic E-state index is -0.206. The largest absolute Gasteiger partial charge is 0.493 e. The molecule has 158 valence electrons. The van der Waals surface area contributed by atoms with Gasteiger partial charge in [-0.2, -0.15) is 0 Å². The molecule has 1 heterocycles. The highest BCUT2D eigenvalue weighted by molar-refractivity contribution is 5.42. The lowest BCUT2D eigenvalue weighted by molar-refractivity contribution is -0.105. The van der Waals surface area contributed by atoms with Gasteiger partial charge in [0.15, 0.2) is 11.5 Å². The number of methoxy groups -OCH3 is 2. The molecule has 0 bridgehead atoms. The Morgan fingerprint density at radius 3 is 2.48 bits per heavy atom. The van der Waals surface area contributed by atoms with Crippen LogP contribution in [0.25, 0.3) is 0 Å². The highest BCUT2D eigenvalue weighted by atomic mass is 19.1. The van der Waals surface area contributed by atoms with Gasteiger partial charge in [0, 0.05) is 13.2 Å². The maximum atomic E-state index is 13.4. The average Bonchev–Trinajstić information content (AvgIpc) is 2.72. The summed E-state index contributed by atoms with van der Waals surface area (Å²) in [6, 6.07) is 12.9.